The normalized spacial score (nSPS) is 16.9. The molecule has 1 amide bonds. The van der Waals surface area contributed by atoms with Crippen LogP contribution in [0.3, 0.4) is 0 Å². The van der Waals surface area contributed by atoms with E-state index < -0.39 is 32.7 Å². The molecular weight excluding hydrogens is 495 g/mol. The molecule has 36 heavy (non-hydrogen) atoms. The summed E-state index contributed by atoms with van der Waals surface area (Å²) in [6.45, 7) is 3.61. The van der Waals surface area contributed by atoms with E-state index in [-0.39, 0.29) is 18.4 Å². The Labute approximate surface area is 209 Å². The number of hydrogen-bond donors (Lipinski definition) is 3. The van der Waals surface area contributed by atoms with Crippen LogP contribution in [0.1, 0.15) is 54.5 Å². The number of ether oxygens (including phenoxy) is 1. The first-order valence-corrected chi connectivity index (χ1v) is 13.3. The van der Waals surface area contributed by atoms with E-state index in [1.165, 1.54) is 12.5 Å². The van der Waals surface area contributed by atoms with Crippen LogP contribution in [-0.4, -0.2) is 40.6 Å². The molecule has 1 aliphatic rings. The van der Waals surface area contributed by atoms with Crippen LogP contribution in [0.15, 0.2) is 47.4 Å². The molecule has 0 fully saturated rings. The number of hydrogen-bond acceptors (Lipinski definition) is 5. The van der Waals surface area contributed by atoms with Gasteiger partial charge in [0.05, 0.1) is 23.1 Å². The fourth-order valence-electron chi connectivity index (χ4n) is 4.28. The molecule has 1 aliphatic carbocycles. The number of amides is 1. The van der Waals surface area contributed by atoms with E-state index >= 15 is 0 Å². The van der Waals surface area contributed by atoms with Gasteiger partial charge < -0.3 is 15.4 Å². The summed E-state index contributed by atoms with van der Waals surface area (Å²) in [4.78, 5) is 12.2. The predicted octanol–water partition coefficient (Wildman–Crippen LogP) is 3.69. The van der Waals surface area contributed by atoms with Crippen LogP contribution < -0.4 is 15.4 Å². The van der Waals surface area contributed by atoms with Gasteiger partial charge in [0, 0.05) is 32.7 Å². The number of methoxy groups -OCH3 is 1. The van der Waals surface area contributed by atoms with E-state index in [0.717, 1.165) is 61.7 Å². The second-order valence-corrected chi connectivity index (χ2v) is 10.7. The largest absolute Gasteiger partial charge is 0.416 e. The van der Waals surface area contributed by atoms with Crippen LogP contribution >= 0.6 is 0 Å². The van der Waals surface area contributed by atoms with Gasteiger partial charge in [-0.3, -0.25) is 4.79 Å². The minimum atomic E-state index is -4.66. The lowest BCUT2D eigenvalue weighted by molar-refractivity contribution is -0.137. The summed E-state index contributed by atoms with van der Waals surface area (Å²) in [5.41, 5.74) is 2.32. The summed E-state index contributed by atoms with van der Waals surface area (Å²) < 4.78 is 71.3. The van der Waals surface area contributed by atoms with Gasteiger partial charge in [0.2, 0.25) is 15.9 Å². The van der Waals surface area contributed by atoms with E-state index in [9.17, 15) is 26.4 Å². The standard InChI is InChI=1S/C25H32F3N3O4S/c1-17(31-36(33,34)21-7-4-6-20(15-21)25(26,27)28)13-24(32)30-23-8-3-5-19-14-18(9-10-22(19)23)16-29-11-12-35-2/h4,6-7,9-10,14-15,17,23,29,31H,3,5,8,11-13,16H2,1-2H3,(H,30,32)/t17-,23+/m0/s1. The molecule has 0 aromatic heterocycles. The zero-order valence-electron chi connectivity index (χ0n) is 20.3. The van der Waals surface area contributed by atoms with Gasteiger partial charge in [-0.25, -0.2) is 13.1 Å². The van der Waals surface area contributed by atoms with Crippen molar-refractivity contribution in [1.29, 1.82) is 0 Å². The number of fused-ring (bicyclic) bond motifs is 1. The van der Waals surface area contributed by atoms with Crippen molar-refractivity contribution in [3.05, 3.63) is 64.7 Å². The topological polar surface area (TPSA) is 96.5 Å². The van der Waals surface area contributed by atoms with Crippen molar-refractivity contribution in [2.75, 3.05) is 20.3 Å². The molecule has 0 heterocycles. The lowest BCUT2D eigenvalue weighted by atomic mass is 9.86. The number of carbonyl (C=O) groups is 1. The van der Waals surface area contributed by atoms with Gasteiger partial charge in [0.1, 0.15) is 0 Å². The predicted molar refractivity (Wildman–Crippen MR) is 130 cm³/mol. The summed E-state index contributed by atoms with van der Waals surface area (Å²) in [6.07, 6.45) is -2.20. The minimum Gasteiger partial charge on any atom is -0.383 e. The Morgan fingerprint density at radius 3 is 2.69 bits per heavy atom. The van der Waals surface area contributed by atoms with Gasteiger partial charge in [-0.1, -0.05) is 24.3 Å². The Kier molecular flexibility index (Phi) is 9.51. The number of nitrogens with one attached hydrogen (secondary N) is 3. The van der Waals surface area contributed by atoms with Crippen LogP contribution in [0.25, 0.3) is 0 Å². The summed E-state index contributed by atoms with van der Waals surface area (Å²) in [5.74, 6) is -0.336. The van der Waals surface area contributed by atoms with Crippen LogP contribution in [-0.2, 0) is 38.7 Å². The minimum absolute atomic E-state index is 0.147. The number of halogens is 3. The highest BCUT2D eigenvalue weighted by molar-refractivity contribution is 7.89. The summed E-state index contributed by atoms with van der Waals surface area (Å²) in [5, 5.41) is 6.29. The van der Waals surface area contributed by atoms with E-state index in [0.29, 0.717) is 12.7 Å². The number of alkyl halides is 3. The molecule has 0 aliphatic heterocycles. The Balaban J connectivity index is 1.58. The number of rotatable bonds is 11. The Morgan fingerprint density at radius 2 is 1.97 bits per heavy atom. The molecule has 0 saturated heterocycles. The van der Waals surface area contributed by atoms with Crippen molar-refractivity contribution >= 4 is 15.9 Å². The number of benzene rings is 2. The number of carbonyl (C=O) groups excluding carboxylic acids is 1. The van der Waals surface area contributed by atoms with Gasteiger partial charge >= 0.3 is 6.18 Å². The Hall–Kier alpha value is -2.47. The third-order valence-corrected chi connectivity index (χ3v) is 7.58. The highest BCUT2D eigenvalue weighted by Crippen LogP contribution is 2.31. The molecule has 198 valence electrons. The van der Waals surface area contributed by atoms with Crippen molar-refractivity contribution in [2.45, 2.75) is 62.3 Å². The van der Waals surface area contributed by atoms with E-state index in [2.05, 4.69) is 21.4 Å². The first-order valence-electron chi connectivity index (χ1n) is 11.8. The zero-order valence-corrected chi connectivity index (χ0v) is 21.1. The van der Waals surface area contributed by atoms with Crippen molar-refractivity contribution < 1.29 is 31.1 Å². The fraction of sp³-hybridized carbons (Fsp3) is 0.480. The summed E-state index contributed by atoms with van der Waals surface area (Å²) in [6, 6.07) is 8.70. The van der Waals surface area contributed by atoms with Gasteiger partial charge in [-0.2, -0.15) is 13.2 Å². The highest BCUT2D eigenvalue weighted by atomic mass is 32.2. The van der Waals surface area contributed by atoms with Gasteiger partial charge in [-0.15, -0.1) is 0 Å². The van der Waals surface area contributed by atoms with Gasteiger partial charge in [0.25, 0.3) is 0 Å². The molecule has 3 rings (SSSR count). The lowest BCUT2D eigenvalue weighted by Crippen LogP contribution is -2.39. The summed E-state index contributed by atoms with van der Waals surface area (Å²) in [7, 11) is -2.58. The second-order valence-electron chi connectivity index (χ2n) is 8.97. The molecule has 0 spiro atoms. The van der Waals surface area contributed by atoms with Crippen molar-refractivity contribution in [3.63, 3.8) is 0 Å². The molecule has 2 atom stereocenters. The smallest absolute Gasteiger partial charge is 0.383 e. The Morgan fingerprint density at radius 1 is 1.19 bits per heavy atom. The lowest BCUT2D eigenvalue weighted by Gasteiger charge is -2.27. The average Bonchev–Trinajstić information content (AvgIpc) is 2.81. The molecular formula is C25H32F3N3O4S. The van der Waals surface area contributed by atoms with Crippen LogP contribution in [0.2, 0.25) is 0 Å². The van der Waals surface area contributed by atoms with Crippen molar-refractivity contribution in [3.8, 4) is 0 Å². The van der Waals surface area contributed by atoms with E-state index in [1.54, 1.807) is 7.11 Å². The van der Waals surface area contributed by atoms with E-state index in [4.69, 9.17) is 4.74 Å². The first-order chi connectivity index (χ1) is 17.0. The van der Waals surface area contributed by atoms with Crippen molar-refractivity contribution in [1.82, 2.24) is 15.4 Å². The van der Waals surface area contributed by atoms with Crippen LogP contribution in [0.5, 0.6) is 0 Å². The first kappa shape index (κ1) is 28.1. The Bertz CT molecular complexity index is 1160. The van der Waals surface area contributed by atoms with Crippen LogP contribution in [0.4, 0.5) is 13.2 Å². The third kappa shape index (κ3) is 7.76. The maximum atomic E-state index is 12.9. The van der Waals surface area contributed by atoms with Crippen LogP contribution in [0, 0.1) is 0 Å². The molecule has 0 saturated carbocycles. The molecule has 0 bridgehead atoms. The SMILES string of the molecule is COCCNCc1ccc2c(c1)CCC[C@H]2NC(=O)C[C@H](C)NS(=O)(=O)c1cccc(C(F)(F)F)c1. The fourth-order valence-corrected chi connectivity index (χ4v) is 5.57. The number of sulfonamides is 1. The molecule has 0 radical (unpaired) electrons. The van der Waals surface area contributed by atoms with Gasteiger partial charge in [-0.05, 0) is 61.1 Å². The number of aryl methyl sites for hydroxylation is 1. The highest BCUT2D eigenvalue weighted by Gasteiger charge is 2.32. The maximum absolute atomic E-state index is 12.9. The molecule has 2 aromatic carbocycles. The molecule has 11 heteroatoms. The average molecular weight is 528 g/mol. The molecule has 3 N–H and O–H groups in total. The maximum Gasteiger partial charge on any atom is 0.416 e. The monoisotopic (exact) mass is 527 g/mol. The summed E-state index contributed by atoms with van der Waals surface area (Å²) >= 11 is 0. The third-order valence-electron chi connectivity index (χ3n) is 5.99. The second kappa shape index (κ2) is 12.2. The molecule has 0 unspecified atom stereocenters. The quantitative estimate of drug-likeness (QED) is 0.388. The van der Waals surface area contributed by atoms with Gasteiger partial charge in [0.15, 0.2) is 0 Å². The van der Waals surface area contributed by atoms with E-state index in [1.807, 2.05) is 12.1 Å². The van der Waals surface area contributed by atoms with Crippen molar-refractivity contribution in [2.24, 2.45) is 0 Å². The molecule has 7 nitrogen and oxygen atoms in total. The zero-order chi connectivity index (χ0) is 26.3. The molecule has 2 aromatic rings.